The Kier molecular flexibility index (Phi) is 8.36. The summed E-state index contributed by atoms with van der Waals surface area (Å²) in [7, 11) is -4.13. The van der Waals surface area contributed by atoms with Gasteiger partial charge in [0.1, 0.15) is 0 Å². The zero-order valence-corrected chi connectivity index (χ0v) is 20.1. The third kappa shape index (κ3) is 5.75. The van der Waals surface area contributed by atoms with Crippen LogP contribution in [0.25, 0.3) is 0 Å². The normalized spacial score (nSPS) is 18.7. The van der Waals surface area contributed by atoms with Gasteiger partial charge < -0.3 is 9.47 Å². The Balaban J connectivity index is 2.11. The van der Waals surface area contributed by atoms with E-state index in [2.05, 4.69) is 0 Å². The van der Waals surface area contributed by atoms with Crippen LogP contribution in [0.1, 0.15) is 25.3 Å². The fourth-order valence-corrected chi connectivity index (χ4v) is 5.38. The first-order chi connectivity index (χ1) is 16.7. The second-order valence-corrected chi connectivity index (χ2v) is 9.64. The van der Waals surface area contributed by atoms with Gasteiger partial charge in [0, 0.05) is 36.7 Å². The summed E-state index contributed by atoms with van der Waals surface area (Å²) in [5.41, 5.74) is 0.431. The summed E-state index contributed by atoms with van der Waals surface area (Å²) in [6, 6.07) is 13.3. The number of ether oxygens (including phenoxy) is 2. The molecule has 0 saturated heterocycles. The van der Waals surface area contributed by atoms with Crippen molar-refractivity contribution in [3.05, 3.63) is 81.9 Å². The SMILES string of the molecule is CCOC(=O)C1=CCN(S(=O)(=O)c2ccc([N+](=O)[O-])cc2)C[C@H](c2ccccc2)[C@H]1C(=O)OCC. The largest absolute Gasteiger partial charge is 0.466 e. The van der Waals surface area contributed by atoms with Gasteiger partial charge in [0.05, 0.1) is 29.0 Å². The first-order valence-corrected chi connectivity index (χ1v) is 12.5. The number of hydrogen-bond acceptors (Lipinski definition) is 8. The van der Waals surface area contributed by atoms with E-state index in [1.807, 2.05) is 0 Å². The molecule has 0 bridgehead atoms. The van der Waals surface area contributed by atoms with Crippen LogP contribution < -0.4 is 0 Å². The molecule has 2 aromatic carbocycles. The van der Waals surface area contributed by atoms with Gasteiger partial charge in [-0.05, 0) is 31.5 Å². The number of non-ortho nitro benzene ring substituents is 1. The van der Waals surface area contributed by atoms with Crippen molar-refractivity contribution in [2.45, 2.75) is 24.7 Å². The third-order valence-corrected chi connectivity index (χ3v) is 7.46. The molecule has 0 amide bonds. The van der Waals surface area contributed by atoms with E-state index < -0.39 is 38.7 Å². The van der Waals surface area contributed by atoms with Crippen LogP contribution in [0.4, 0.5) is 5.69 Å². The molecule has 186 valence electrons. The molecular weight excluding hydrogens is 476 g/mol. The number of sulfonamides is 1. The van der Waals surface area contributed by atoms with Crippen LogP contribution in [-0.4, -0.2) is 55.9 Å². The Morgan fingerprint density at radius 2 is 1.66 bits per heavy atom. The highest BCUT2D eigenvalue weighted by atomic mass is 32.2. The molecule has 0 N–H and O–H groups in total. The van der Waals surface area contributed by atoms with Crippen molar-refractivity contribution < 1.29 is 32.4 Å². The standard InChI is InChI=1S/C24H26N2O8S/c1-3-33-23(27)20-14-15-25(35(31,32)19-12-10-18(11-13-19)26(29)30)16-21(17-8-6-5-7-9-17)22(20)24(28)34-4-2/h5-14,21-22H,3-4,15-16H2,1-2H3/t21-,22+/m1/s1. The molecule has 11 heteroatoms. The van der Waals surface area contributed by atoms with Crippen molar-refractivity contribution in [1.29, 1.82) is 0 Å². The summed E-state index contributed by atoms with van der Waals surface area (Å²) >= 11 is 0. The molecule has 0 spiro atoms. The van der Waals surface area contributed by atoms with Crippen LogP contribution in [0.3, 0.4) is 0 Å². The van der Waals surface area contributed by atoms with Gasteiger partial charge >= 0.3 is 11.9 Å². The maximum absolute atomic E-state index is 13.5. The maximum atomic E-state index is 13.5. The summed E-state index contributed by atoms with van der Waals surface area (Å²) in [5, 5.41) is 11.0. The lowest BCUT2D eigenvalue weighted by Gasteiger charge is -2.28. The number of nitro groups is 1. The zero-order chi connectivity index (χ0) is 25.6. The summed E-state index contributed by atoms with van der Waals surface area (Å²) in [4.78, 5) is 36.1. The summed E-state index contributed by atoms with van der Waals surface area (Å²) in [6.45, 7) is 3.10. The number of rotatable bonds is 8. The Bertz CT molecular complexity index is 1210. The number of benzene rings is 2. The zero-order valence-electron chi connectivity index (χ0n) is 19.3. The molecule has 1 aliphatic rings. The summed E-state index contributed by atoms with van der Waals surface area (Å²) in [6.07, 6.45) is 1.38. The number of nitro benzene ring substituents is 1. The smallest absolute Gasteiger partial charge is 0.334 e. The van der Waals surface area contributed by atoms with E-state index in [4.69, 9.17) is 9.47 Å². The molecule has 2 atom stereocenters. The van der Waals surface area contributed by atoms with E-state index in [1.54, 1.807) is 44.2 Å². The van der Waals surface area contributed by atoms with E-state index >= 15 is 0 Å². The lowest BCUT2D eigenvalue weighted by Crippen LogP contribution is -2.37. The predicted molar refractivity (Wildman–Crippen MR) is 126 cm³/mol. The van der Waals surface area contributed by atoms with Crippen molar-refractivity contribution in [1.82, 2.24) is 4.31 Å². The molecule has 35 heavy (non-hydrogen) atoms. The van der Waals surface area contributed by atoms with E-state index in [0.717, 1.165) is 28.6 Å². The van der Waals surface area contributed by atoms with Crippen molar-refractivity contribution in [3.8, 4) is 0 Å². The van der Waals surface area contributed by atoms with Crippen LogP contribution in [0.15, 0.2) is 71.1 Å². The lowest BCUT2D eigenvalue weighted by atomic mass is 9.81. The Morgan fingerprint density at radius 1 is 1.03 bits per heavy atom. The van der Waals surface area contributed by atoms with Crippen LogP contribution in [0.2, 0.25) is 0 Å². The summed E-state index contributed by atoms with van der Waals surface area (Å²) in [5.74, 6) is -3.22. The van der Waals surface area contributed by atoms with E-state index in [9.17, 15) is 28.1 Å². The molecule has 0 saturated carbocycles. The highest BCUT2D eigenvalue weighted by Gasteiger charge is 2.42. The second-order valence-electron chi connectivity index (χ2n) is 7.70. The van der Waals surface area contributed by atoms with Crippen molar-refractivity contribution in [3.63, 3.8) is 0 Å². The minimum absolute atomic E-state index is 0.0283. The third-order valence-electron chi connectivity index (χ3n) is 5.62. The number of nitrogens with zero attached hydrogens (tertiary/aromatic N) is 2. The van der Waals surface area contributed by atoms with Crippen LogP contribution >= 0.6 is 0 Å². The molecule has 0 radical (unpaired) electrons. The molecule has 10 nitrogen and oxygen atoms in total. The minimum atomic E-state index is -4.13. The second kappa shape index (κ2) is 11.2. The topological polar surface area (TPSA) is 133 Å². The van der Waals surface area contributed by atoms with Gasteiger partial charge in [-0.15, -0.1) is 0 Å². The number of hydrogen-bond donors (Lipinski definition) is 0. The fourth-order valence-electron chi connectivity index (χ4n) is 3.97. The van der Waals surface area contributed by atoms with E-state index in [0.29, 0.717) is 5.56 Å². The summed E-state index contributed by atoms with van der Waals surface area (Å²) < 4.78 is 38.6. The van der Waals surface area contributed by atoms with Gasteiger partial charge in [0.2, 0.25) is 10.0 Å². The van der Waals surface area contributed by atoms with E-state index in [-0.39, 0.29) is 42.5 Å². The molecule has 3 rings (SSSR count). The molecular formula is C24H26N2O8S. The Morgan fingerprint density at radius 3 is 2.23 bits per heavy atom. The number of esters is 2. The highest BCUT2D eigenvalue weighted by molar-refractivity contribution is 7.89. The molecule has 0 aromatic heterocycles. The number of carbonyl (C=O) groups excluding carboxylic acids is 2. The van der Waals surface area contributed by atoms with Crippen molar-refractivity contribution in [2.75, 3.05) is 26.3 Å². The fraction of sp³-hybridized carbons (Fsp3) is 0.333. The van der Waals surface area contributed by atoms with Gasteiger partial charge in [-0.2, -0.15) is 4.31 Å². The van der Waals surface area contributed by atoms with Gasteiger partial charge in [0.15, 0.2) is 0 Å². The first kappa shape index (κ1) is 26.0. The molecule has 0 fully saturated rings. The Hall–Kier alpha value is -3.57. The lowest BCUT2D eigenvalue weighted by molar-refractivity contribution is -0.384. The number of carbonyl (C=O) groups is 2. The van der Waals surface area contributed by atoms with Crippen molar-refractivity contribution >= 4 is 27.6 Å². The quantitative estimate of drug-likeness (QED) is 0.306. The average Bonchev–Trinajstić information content (AvgIpc) is 3.06. The van der Waals surface area contributed by atoms with Gasteiger partial charge in [-0.1, -0.05) is 36.4 Å². The highest BCUT2D eigenvalue weighted by Crippen LogP contribution is 2.37. The maximum Gasteiger partial charge on any atom is 0.334 e. The van der Waals surface area contributed by atoms with Gasteiger partial charge in [-0.3, -0.25) is 14.9 Å². The molecule has 1 heterocycles. The Labute approximate surface area is 203 Å². The molecule has 0 unspecified atom stereocenters. The van der Waals surface area contributed by atoms with Gasteiger partial charge in [0.25, 0.3) is 5.69 Å². The average molecular weight is 503 g/mol. The van der Waals surface area contributed by atoms with Crippen molar-refractivity contribution in [2.24, 2.45) is 5.92 Å². The van der Waals surface area contributed by atoms with Crippen LogP contribution in [0, 0.1) is 16.0 Å². The van der Waals surface area contributed by atoms with Crippen LogP contribution in [-0.2, 0) is 29.1 Å². The molecule has 0 aliphatic carbocycles. The molecule has 2 aromatic rings. The van der Waals surface area contributed by atoms with Gasteiger partial charge in [-0.25, -0.2) is 13.2 Å². The minimum Gasteiger partial charge on any atom is -0.466 e. The van der Waals surface area contributed by atoms with E-state index in [1.165, 1.54) is 6.08 Å². The monoisotopic (exact) mass is 502 g/mol. The van der Waals surface area contributed by atoms with Crippen LogP contribution in [0.5, 0.6) is 0 Å². The molecule has 1 aliphatic heterocycles. The first-order valence-electron chi connectivity index (χ1n) is 11.0. The predicted octanol–water partition coefficient (Wildman–Crippen LogP) is 3.05.